The highest BCUT2D eigenvalue weighted by Gasteiger charge is 2.63. The first-order valence-corrected chi connectivity index (χ1v) is 6.20. The topological polar surface area (TPSA) is 26.3 Å². The summed E-state index contributed by atoms with van der Waals surface area (Å²) in [6.07, 6.45) is 10.1. The average Bonchev–Trinajstić information content (AvgIpc) is 2.83. The van der Waals surface area contributed by atoms with Crippen LogP contribution in [0.2, 0.25) is 0 Å². The van der Waals surface area contributed by atoms with Gasteiger partial charge in [0.05, 0.1) is 17.6 Å². The third-order valence-electron chi connectivity index (χ3n) is 5.01. The molecule has 0 unspecified atom stereocenters. The van der Waals surface area contributed by atoms with E-state index in [2.05, 4.69) is 12.2 Å². The Morgan fingerprint density at radius 1 is 1.40 bits per heavy atom. The second-order valence-electron chi connectivity index (χ2n) is 5.61. The number of fused-ring (bicyclic) bond motifs is 2. The lowest BCUT2D eigenvalue weighted by Crippen LogP contribution is -2.36. The number of ether oxygens (including phenoxy) is 1. The minimum atomic E-state index is -0.0139. The highest BCUT2D eigenvalue weighted by molar-refractivity contribution is 5.83. The standard InChI is InChI=1S/C13H16O2/c14-9-3-1-2-8-4-6-13-7-5-10(15-13)11(9)12(8)13/h5,7-8,10-12H,1-4,6H2/t8-,10-,11+,12-,13+/m0/s1. The Bertz CT molecular complexity index is 358. The molecule has 0 aromatic heterocycles. The first-order chi connectivity index (χ1) is 7.30. The lowest BCUT2D eigenvalue weighted by atomic mass is 9.72. The van der Waals surface area contributed by atoms with Crippen molar-refractivity contribution >= 4 is 5.78 Å². The summed E-state index contributed by atoms with van der Waals surface area (Å²) in [6.45, 7) is 0. The third kappa shape index (κ3) is 0.878. The van der Waals surface area contributed by atoms with Crippen LogP contribution in [0.3, 0.4) is 0 Å². The van der Waals surface area contributed by atoms with Gasteiger partial charge in [-0.05, 0) is 31.6 Å². The minimum Gasteiger partial charge on any atom is -0.363 e. The van der Waals surface area contributed by atoms with Crippen molar-refractivity contribution in [1.82, 2.24) is 0 Å². The van der Waals surface area contributed by atoms with Crippen molar-refractivity contribution in [3.63, 3.8) is 0 Å². The molecule has 15 heavy (non-hydrogen) atoms. The fourth-order valence-corrected chi connectivity index (χ4v) is 4.48. The molecule has 2 heterocycles. The Morgan fingerprint density at radius 3 is 3.27 bits per heavy atom. The van der Waals surface area contributed by atoms with Crippen LogP contribution in [-0.2, 0) is 9.53 Å². The van der Waals surface area contributed by atoms with Crippen LogP contribution in [0.25, 0.3) is 0 Å². The number of Topliss-reactive ketones (excluding diaryl/α,β-unsaturated/α-hetero) is 1. The zero-order valence-electron chi connectivity index (χ0n) is 8.82. The molecule has 2 saturated carbocycles. The van der Waals surface area contributed by atoms with Crippen LogP contribution in [0.1, 0.15) is 32.1 Å². The maximum atomic E-state index is 12.1. The number of hydrogen-bond acceptors (Lipinski definition) is 2. The number of carbonyl (C=O) groups excluding carboxylic acids is 1. The van der Waals surface area contributed by atoms with Gasteiger partial charge in [-0.3, -0.25) is 4.79 Å². The van der Waals surface area contributed by atoms with E-state index >= 15 is 0 Å². The summed E-state index contributed by atoms with van der Waals surface area (Å²) in [5.74, 6) is 1.98. The molecule has 2 heteroatoms. The SMILES string of the molecule is O=C1CCC[C@H]2CC[C@]34C=C[C@H](O3)[C@@H]1[C@H]24. The first kappa shape index (κ1) is 8.51. The first-order valence-electron chi connectivity index (χ1n) is 6.20. The molecule has 2 nitrogen and oxygen atoms in total. The second kappa shape index (κ2) is 2.54. The van der Waals surface area contributed by atoms with Crippen molar-refractivity contribution in [1.29, 1.82) is 0 Å². The molecule has 1 spiro atoms. The van der Waals surface area contributed by atoms with Crippen LogP contribution in [0.5, 0.6) is 0 Å². The minimum absolute atomic E-state index is 0.0139. The van der Waals surface area contributed by atoms with Crippen LogP contribution in [0.15, 0.2) is 12.2 Å². The molecule has 2 aliphatic carbocycles. The van der Waals surface area contributed by atoms with E-state index in [1.165, 1.54) is 12.8 Å². The molecule has 4 aliphatic rings. The predicted octanol–water partition coefficient (Wildman–Crippen LogP) is 2.09. The van der Waals surface area contributed by atoms with Crippen molar-refractivity contribution in [2.75, 3.05) is 0 Å². The van der Waals surface area contributed by atoms with Crippen LogP contribution in [0.4, 0.5) is 0 Å². The molecule has 5 atom stereocenters. The quantitative estimate of drug-likeness (QED) is 0.565. The van der Waals surface area contributed by atoms with Gasteiger partial charge in [0, 0.05) is 12.3 Å². The molecule has 0 aromatic carbocycles. The number of ketones is 1. The van der Waals surface area contributed by atoms with Gasteiger partial charge in [0.2, 0.25) is 0 Å². The van der Waals surface area contributed by atoms with Gasteiger partial charge in [-0.2, -0.15) is 0 Å². The Morgan fingerprint density at radius 2 is 2.33 bits per heavy atom. The van der Waals surface area contributed by atoms with Crippen LogP contribution in [-0.4, -0.2) is 17.5 Å². The van der Waals surface area contributed by atoms with E-state index in [1.807, 2.05) is 0 Å². The lowest BCUT2D eigenvalue weighted by Gasteiger charge is -2.28. The van der Waals surface area contributed by atoms with E-state index in [0.29, 0.717) is 11.7 Å². The van der Waals surface area contributed by atoms with Gasteiger partial charge in [0.1, 0.15) is 5.78 Å². The normalized spacial score (nSPS) is 55.9. The van der Waals surface area contributed by atoms with Gasteiger partial charge < -0.3 is 4.74 Å². The average molecular weight is 204 g/mol. The molecular formula is C13H16O2. The summed E-state index contributed by atoms with van der Waals surface area (Å²) in [5.41, 5.74) is -0.0139. The van der Waals surface area contributed by atoms with Gasteiger partial charge in [-0.15, -0.1) is 0 Å². The van der Waals surface area contributed by atoms with Crippen LogP contribution in [0, 0.1) is 17.8 Å². The highest BCUT2D eigenvalue weighted by atomic mass is 16.5. The zero-order chi connectivity index (χ0) is 10.0. The summed E-state index contributed by atoms with van der Waals surface area (Å²) < 4.78 is 6.09. The maximum Gasteiger partial charge on any atom is 0.139 e. The van der Waals surface area contributed by atoms with E-state index in [4.69, 9.17) is 4.74 Å². The monoisotopic (exact) mass is 204 g/mol. The Labute approximate surface area is 89.7 Å². The Hall–Kier alpha value is -0.630. The fourth-order valence-electron chi connectivity index (χ4n) is 4.48. The molecule has 0 amide bonds. The zero-order valence-corrected chi connectivity index (χ0v) is 8.82. The van der Waals surface area contributed by atoms with E-state index in [1.54, 1.807) is 0 Å². The van der Waals surface area contributed by atoms with Crippen molar-refractivity contribution in [2.24, 2.45) is 17.8 Å². The molecule has 80 valence electrons. The summed E-state index contributed by atoms with van der Waals surface area (Å²) in [5, 5.41) is 0. The number of rotatable bonds is 0. The smallest absolute Gasteiger partial charge is 0.139 e. The fraction of sp³-hybridized carbons (Fsp3) is 0.769. The summed E-state index contributed by atoms with van der Waals surface area (Å²) in [7, 11) is 0. The molecule has 4 rings (SSSR count). The van der Waals surface area contributed by atoms with Crippen LogP contribution >= 0.6 is 0 Å². The van der Waals surface area contributed by atoms with E-state index in [0.717, 1.165) is 25.2 Å². The van der Waals surface area contributed by atoms with Gasteiger partial charge in [0.15, 0.2) is 0 Å². The van der Waals surface area contributed by atoms with Crippen molar-refractivity contribution < 1.29 is 9.53 Å². The number of carbonyl (C=O) groups is 1. The molecule has 0 aromatic rings. The van der Waals surface area contributed by atoms with Crippen molar-refractivity contribution in [3.8, 4) is 0 Å². The van der Waals surface area contributed by atoms with Crippen molar-refractivity contribution in [3.05, 3.63) is 12.2 Å². The van der Waals surface area contributed by atoms with Gasteiger partial charge in [-0.25, -0.2) is 0 Å². The van der Waals surface area contributed by atoms with Gasteiger partial charge in [0.25, 0.3) is 0 Å². The van der Waals surface area contributed by atoms with Gasteiger partial charge in [-0.1, -0.05) is 12.2 Å². The molecular weight excluding hydrogens is 188 g/mol. The summed E-state index contributed by atoms with van der Waals surface area (Å²) in [6, 6.07) is 0. The molecule has 3 fully saturated rings. The summed E-state index contributed by atoms with van der Waals surface area (Å²) in [4.78, 5) is 12.1. The molecule has 2 aliphatic heterocycles. The molecule has 1 saturated heterocycles. The predicted molar refractivity (Wildman–Crippen MR) is 55.3 cm³/mol. The molecule has 2 bridgehead atoms. The molecule has 0 radical (unpaired) electrons. The third-order valence-corrected chi connectivity index (χ3v) is 5.01. The lowest BCUT2D eigenvalue weighted by molar-refractivity contribution is -0.124. The molecule has 0 N–H and O–H groups in total. The van der Waals surface area contributed by atoms with Crippen molar-refractivity contribution in [2.45, 2.75) is 43.8 Å². The van der Waals surface area contributed by atoms with E-state index in [-0.39, 0.29) is 17.6 Å². The van der Waals surface area contributed by atoms with Crippen LogP contribution < -0.4 is 0 Å². The number of hydrogen-bond donors (Lipinski definition) is 0. The maximum absolute atomic E-state index is 12.1. The Balaban J connectivity index is 1.85. The highest BCUT2D eigenvalue weighted by Crippen LogP contribution is 2.60. The second-order valence-corrected chi connectivity index (χ2v) is 5.61. The largest absolute Gasteiger partial charge is 0.363 e. The van der Waals surface area contributed by atoms with E-state index < -0.39 is 0 Å². The summed E-state index contributed by atoms with van der Waals surface area (Å²) >= 11 is 0. The van der Waals surface area contributed by atoms with Gasteiger partial charge >= 0.3 is 0 Å². The Kier molecular flexibility index (Phi) is 1.44. The van der Waals surface area contributed by atoms with E-state index in [9.17, 15) is 4.79 Å².